The minimum atomic E-state index is -4.55. The molecule has 5 nitrogen and oxygen atoms in total. The number of carbonyl (C=O) groups is 1. The first-order valence-corrected chi connectivity index (χ1v) is 6.98. The number of nitrogens with zero attached hydrogens (tertiary/aromatic N) is 3. The molecule has 0 aromatic carbocycles. The number of aromatic nitrogens is 2. The maximum atomic E-state index is 13.1. The van der Waals surface area contributed by atoms with E-state index in [2.05, 4.69) is 9.97 Å². The number of alkyl halides is 3. The van der Waals surface area contributed by atoms with E-state index in [1.807, 2.05) is 0 Å². The zero-order valence-corrected chi connectivity index (χ0v) is 12.5. The van der Waals surface area contributed by atoms with Crippen LogP contribution in [-0.2, 0) is 11.0 Å². The molecule has 1 aliphatic heterocycles. The Labute approximate surface area is 130 Å². The van der Waals surface area contributed by atoms with Gasteiger partial charge in [-0.1, -0.05) is 13.8 Å². The third-order valence-electron chi connectivity index (χ3n) is 3.88. The maximum absolute atomic E-state index is 13.1. The smallest absolute Gasteiger partial charge is 0.416 e. The zero-order valence-electron chi connectivity index (χ0n) is 12.5. The molecule has 0 unspecified atom stereocenters. The van der Waals surface area contributed by atoms with Gasteiger partial charge in [0.15, 0.2) is 12.2 Å². The molecule has 0 spiro atoms. The summed E-state index contributed by atoms with van der Waals surface area (Å²) >= 11 is 0. The standard InChI is InChI=1S/C15H14F3N3O2/c1-14(2)3-4-21(13(14)22)12-6-9(15(16,17)18)5-10(20-12)11-7-19-8-23-11/h5-8H,3-4H2,1-2H3. The molecule has 122 valence electrons. The molecular weight excluding hydrogens is 311 g/mol. The predicted molar refractivity (Wildman–Crippen MR) is 75.5 cm³/mol. The highest BCUT2D eigenvalue weighted by molar-refractivity contribution is 5.98. The fourth-order valence-electron chi connectivity index (χ4n) is 2.47. The van der Waals surface area contributed by atoms with E-state index in [9.17, 15) is 18.0 Å². The molecule has 1 aliphatic rings. The molecule has 0 radical (unpaired) electrons. The average Bonchev–Trinajstić information content (AvgIpc) is 3.07. The van der Waals surface area contributed by atoms with Crippen molar-refractivity contribution < 1.29 is 22.4 Å². The van der Waals surface area contributed by atoms with Crippen LogP contribution in [-0.4, -0.2) is 22.4 Å². The number of anilines is 1. The van der Waals surface area contributed by atoms with Gasteiger partial charge in [0.2, 0.25) is 5.91 Å². The summed E-state index contributed by atoms with van der Waals surface area (Å²) in [5, 5.41) is 0. The van der Waals surface area contributed by atoms with Crippen LogP contribution in [0, 0.1) is 5.41 Å². The summed E-state index contributed by atoms with van der Waals surface area (Å²) < 4.78 is 44.5. The van der Waals surface area contributed by atoms with Crippen molar-refractivity contribution in [1.29, 1.82) is 0 Å². The van der Waals surface area contributed by atoms with E-state index in [4.69, 9.17) is 4.42 Å². The van der Waals surface area contributed by atoms with Crippen molar-refractivity contribution in [3.8, 4) is 11.5 Å². The van der Waals surface area contributed by atoms with E-state index in [1.54, 1.807) is 13.8 Å². The second-order valence-corrected chi connectivity index (χ2v) is 6.05. The Morgan fingerprint density at radius 2 is 2.04 bits per heavy atom. The van der Waals surface area contributed by atoms with Crippen LogP contribution in [0.2, 0.25) is 0 Å². The molecule has 2 aromatic heterocycles. The Morgan fingerprint density at radius 1 is 1.30 bits per heavy atom. The number of halogens is 3. The predicted octanol–water partition coefficient (Wildman–Crippen LogP) is 3.52. The minimum Gasteiger partial charge on any atom is -0.442 e. The van der Waals surface area contributed by atoms with Crippen molar-refractivity contribution in [2.45, 2.75) is 26.4 Å². The lowest BCUT2D eigenvalue weighted by atomic mass is 9.92. The quantitative estimate of drug-likeness (QED) is 0.848. The number of pyridine rings is 1. The van der Waals surface area contributed by atoms with Gasteiger partial charge in [-0.2, -0.15) is 13.2 Å². The molecule has 8 heteroatoms. The van der Waals surface area contributed by atoms with Crippen molar-refractivity contribution in [2.75, 3.05) is 11.4 Å². The molecule has 0 atom stereocenters. The van der Waals surface area contributed by atoms with E-state index in [0.29, 0.717) is 13.0 Å². The van der Waals surface area contributed by atoms with E-state index >= 15 is 0 Å². The first-order valence-electron chi connectivity index (χ1n) is 6.98. The number of amides is 1. The normalized spacial score (nSPS) is 17.8. The Hall–Kier alpha value is -2.38. The first-order chi connectivity index (χ1) is 10.7. The number of hydrogen-bond donors (Lipinski definition) is 0. The molecule has 1 amide bonds. The first kappa shape index (κ1) is 15.5. The van der Waals surface area contributed by atoms with Gasteiger partial charge in [0.25, 0.3) is 0 Å². The summed E-state index contributed by atoms with van der Waals surface area (Å²) in [4.78, 5) is 21.5. The van der Waals surface area contributed by atoms with Gasteiger partial charge in [0.05, 0.1) is 11.8 Å². The van der Waals surface area contributed by atoms with Gasteiger partial charge < -0.3 is 4.42 Å². The Kier molecular flexibility index (Phi) is 3.42. The highest BCUT2D eigenvalue weighted by Crippen LogP contribution is 2.38. The molecule has 0 bridgehead atoms. The maximum Gasteiger partial charge on any atom is 0.416 e. The molecule has 0 saturated carbocycles. The van der Waals surface area contributed by atoms with Gasteiger partial charge in [0.1, 0.15) is 11.5 Å². The topological polar surface area (TPSA) is 59.2 Å². The second kappa shape index (κ2) is 5.07. The van der Waals surface area contributed by atoms with Gasteiger partial charge in [-0.3, -0.25) is 9.69 Å². The third kappa shape index (κ3) is 2.80. The second-order valence-electron chi connectivity index (χ2n) is 6.05. The van der Waals surface area contributed by atoms with Gasteiger partial charge in [0, 0.05) is 12.0 Å². The minimum absolute atomic E-state index is 0.00942. The Balaban J connectivity index is 2.10. The zero-order chi connectivity index (χ0) is 16.8. The van der Waals surface area contributed by atoms with Crippen LogP contribution in [0.1, 0.15) is 25.8 Å². The van der Waals surface area contributed by atoms with Crippen LogP contribution >= 0.6 is 0 Å². The summed E-state index contributed by atoms with van der Waals surface area (Å²) in [5.41, 5.74) is -1.50. The number of rotatable bonds is 2. The molecule has 1 saturated heterocycles. The lowest BCUT2D eigenvalue weighted by molar-refractivity contribution is -0.137. The fourth-order valence-corrected chi connectivity index (χ4v) is 2.47. The molecule has 3 heterocycles. The fraction of sp³-hybridized carbons (Fsp3) is 0.400. The molecule has 0 N–H and O–H groups in total. The van der Waals surface area contributed by atoms with E-state index in [-0.39, 0.29) is 23.2 Å². The molecule has 3 rings (SSSR count). The van der Waals surface area contributed by atoms with Gasteiger partial charge in [-0.25, -0.2) is 9.97 Å². The Morgan fingerprint density at radius 3 is 2.57 bits per heavy atom. The summed E-state index contributed by atoms with van der Waals surface area (Å²) in [6.07, 6.45) is -1.60. The highest BCUT2D eigenvalue weighted by atomic mass is 19.4. The monoisotopic (exact) mass is 325 g/mol. The summed E-state index contributed by atoms with van der Waals surface area (Å²) in [7, 11) is 0. The van der Waals surface area contributed by atoms with E-state index in [1.165, 1.54) is 11.1 Å². The van der Waals surface area contributed by atoms with Crippen LogP contribution in [0.15, 0.2) is 29.1 Å². The molecule has 23 heavy (non-hydrogen) atoms. The van der Waals surface area contributed by atoms with Crippen LogP contribution in [0.25, 0.3) is 11.5 Å². The van der Waals surface area contributed by atoms with Crippen LogP contribution < -0.4 is 4.90 Å². The molecule has 2 aromatic rings. The van der Waals surface area contributed by atoms with Crippen molar-refractivity contribution in [3.05, 3.63) is 30.3 Å². The lowest BCUT2D eigenvalue weighted by Gasteiger charge is -2.20. The number of carbonyl (C=O) groups excluding carboxylic acids is 1. The highest BCUT2D eigenvalue weighted by Gasteiger charge is 2.41. The molecule has 1 fully saturated rings. The summed E-state index contributed by atoms with van der Waals surface area (Å²) in [5.74, 6) is -0.155. The summed E-state index contributed by atoms with van der Waals surface area (Å²) in [6.45, 7) is 3.86. The SMILES string of the molecule is CC1(C)CCN(c2cc(C(F)(F)F)cc(-c3cnco3)n2)C1=O. The van der Waals surface area contributed by atoms with E-state index in [0.717, 1.165) is 18.5 Å². The van der Waals surface area contributed by atoms with Gasteiger partial charge >= 0.3 is 6.18 Å². The lowest BCUT2D eigenvalue weighted by Crippen LogP contribution is -2.31. The number of hydrogen-bond acceptors (Lipinski definition) is 4. The third-order valence-corrected chi connectivity index (χ3v) is 3.88. The van der Waals surface area contributed by atoms with Crippen molar-refractivity contribution in [3.63, 3.8) is 0 Å². The molecular formula is C15H14F3N3O2. The van der Waals surface area contributed by atoms with E-state index < -0.39 is 17.2 Å². The van der Waals surface area contributed by atoms with Crippen molar-refractivity contribution >= 4 is 11.7 Å². The molecule has 0 aliphatic carbocycles. The van der Waals surface area contributed by atoms with Crippen molar-refractivity contribution in [1.82, 2.24) is 9.97 Å². The van der Waals surface area contributed by atoms with Gasteiger partial charge in [-0.05, 0) is 18.6 Å². The van der Waals surface area contributed by atoms with Crippen LogP contribution in [0.5, 0.6) is 0 Å². The van der Waals surface area contributed by atoms with Crippen molar-refractivity contribution in [2.24, 2.45) is 5.41 Å². The Bertz CT molecular complexity index is 739. The average molecular weight is 325 g/mol. The van der Waals surface area contributed by atoms with Crippen LogP contribution in [0.3, 0.4) is 0 Å². The van der Waals surface area contributed by atoms with Crippen LogP contribution in [0.4, 0.5) is 19.0 Å². The summed E-state index contributed by atoms with van der Waals surface area (Å²) in [6, 6.07) is 1.77. The largest absolute Gasteiger partial charge is 0.442 e. The number of oxazole rings is 1. The van der Waals surface area contributed by atoms with Gasteiger partial charge in [-0.15, -0.1) is 0 Å².